The third-order valence-corrected chi connectivity index (χ3v) is 9.42. The summed E-state index contributed by atoms with van der Waals surface area (Å²) in [6, 6.07) is 30.6. The predicted molar refractivity (Wildman–Crippen MR) is 148 cm³/mol. The van der Waals surface area contributed by atoms with E-state index < -0.39 is 15.8 Å². The number of nitrogens with zero attached hydrogens (tertiary/aromatic N) is 2. The maximum atomic E-state index is 13.7. The highest BCUT2D eigenvalue weighted by Crippen LogP contribution is 2.48. The first kappa shape index (κ1) is 24.5. The first-order valence-electron chi connectivity index (χ1n) is 12.8. The maximum Gasteiger partial charge on any atom is 0.305 e. The minimum Gasteiger partial charge on any atom is -0.440 e. The van der Waals surface area contributed by atoms with Gasteiger partial charge in [-0.3, -0.25) is 0 Å². The van der Waals surface area contributed by atoms with Crippen LogP contribution in [0.3, 0.4) is 0 Å². The van der Waals surface area contributed by atoms with E-state index in [0.717, 1.165) is 11.1 Å². The molecule has 0 amide bonds. The van der Waals surface area contributed by atoms with Crippen LogP contribution in [0.5, 0.6) is 11.5 Å². The summed E-state index contributed by atoms with van der Waals surface area (Å²) in [5.74, 6) is -0.269. The van der Waals surface area contributed by atoms with Crippen LogP contribution in [0.1, 0.15) is 22.3 Å². The molecule has 0 aromatic heterocycles. The van der Waals surface area contributed by atoms with Gasteiger partial charge in [-0.1, -0.05) is 72.8 Å². The number of sulfonamides is 1. The largest absolute Gasteiger partial charge is 0.440 e. The summed E-state index contributed by atoms with van der Waals surface area (Å²) in [5, 5.41) is 0. The number of ether oxygens (including phenoxy) is 2. The monoisotopic (exact) mass is 526 g/mol. The van der Waals surface area contributed by atoms with E-state index in [1.54, 1.807) is 22.5 Å². The molecule has 0 radical (unpaired) electrons. The van der Waals surface area contributed by atoms with Crippen LogP contribution in [0.25, 0.3) is 0 Å². The van der Waals surface area contributed by atoms with Gasteiger partial charge in [0.15, 0.2) is 11.5 Å². The Kier molecular flexibility index (Phi) is 6.13. The van der Waals surface area contributed by atoms with Crippen LogP contribution in [0.2, 0.25) is 0 Å². The van der Waals surface area contributed by atoms with Crippen LogP contribution < -0.4 is 14.4 Å². The fraction of sp³-hybridized carbons (Fsp3) is 0.226. The average molecular weight is 527 g/mol. The van der Waals surface area contributed by atoms with Crippen molar-refractivity contribution in [2.24, 2.45) is 0 Å². The van der Waals surface area contributed by atoms with E-state index in [4.69, 9.17) is 9.47 Å². The highest BCUT2D eigenvalue weighted by Gasteiger charge is 2.46. The van der Waals surface area contributed by atoms with E-state index >= 15 is 0 Å². The van der Waals surface area contributed by atoms with Crippen LogP contribution >= 0.6 is 0 Å². The lowest BCUT2D eigenvalue weighted by molar-refractivity contribution is -0.0459. The molecule has 4 aromatic rings. The van der Waals surface area contributed by atoms with Crippen molar-refractivity contribution in [1.29, 1.82) is 0 Å². The highest BCUT2D eigenvalue weighted by molar-refractivity contribution is 7.89. The molecule has 2 heterocycles. The van der Waals surface area contributed by atoms with E-state index in [1.807, 2.05) is 60.7 Å². The van der Waals surface area contributed by atoms with Crippen molar-refractivity contribution in [3.8, 4) is 11.5 Å². The summed E-state index contributed by atoms with van der Waals surface area (Å²) in [6.07, 6.45) is 0. The van der Waals surface area contributed by atoms with E-state index in [0.29, 0.717) is 37.7 Å². The summed E-state index contributed by atoms with van der Waals surface area (Å²) >= 11 is 0. The SMILES string of the molecule is Cc1cccc(N2CCN(S(=O)(=O)c3ccc4c(c3)OC(c3ccccc3)(c3ccccc3)O4)CC2)c1C. The fourth-order valence-corrected chi connectivity index (χ4v) is 6.70. The van der Waals surface area contributed by atoms with Crippen molar-refractivity contribution >= 4 is 15.7 Å². The van der Waals surface area contributed by atoms with Crippen LogP contribution in [-0.4, -0.2) is 38.9 Å². The molecule has 38 heavy (non-hydrogen) atoms. The molecule has 2 aliphatic heterocycles. The molecule has 6 nitrogen and oxygen atoms in total. The normalized spacial score (nSPS) is 16.9. The van der Waals surface area contributed by atoms with Gasteiger partial charge in [0.25, 0.3) is 0 Å². The topological polar surface area (TPSA) is 59.1 Å². The molecule has 0 atom stereocenters. The molecule has 194 valence electrons. The van der Waals surface area contributed by atoms with Crippen LogP contribution in [0.4, 0.5) is 5.69 Å². The Morgan fingerprint density at radius 1 is 0.684 bits per heavy atom. The van der Waals surface area contributed by atoms with Gasteiger partial charge in [-0.15, -0.1) is 0 Å². The smallest absolute Gasteiger partial charge is 0.305 e. The number of piperazine rings is 1. The van der Waals surface area contributed by atoms with Gasteiger partial charge in [0.1, 0.15) is 0 Å². The van der Waals surface area contributed by atoms with E-state index in [-0.39, 0.29) is 4.90 Å². The van der Waals surface area contributed by atoms with Gasteiger partial charge in [0, 0.05) is 49.1 Å². The first-order chi connectivity index (χ1) is 18.4. The molecule has 2 aliphatic rings. The van der Waals surface area contributed by atoms with Crippen molar-refractivity contribution in [3.63, 3.8) is 0 Å². The summed E-state index contributed by atoms with van der Waals surface area (Å²) < 4.78 is 41.8. The van der Waals surface area contributed by atoms with Crippen LogP contribution in [0.15, 0.2) is 102 Å². The second kappa shape index (κ2) is 9.49. The van der Waals surface area contributed by atoms with Gasteiger partial charge in [-0.2, -0.15) is 4.31 Å². The number of aryl methyl sites for hydroxylation is 1. The lowest BCUT2D eigenvalue weighted by Crippen LogP contribution is -2.48. The number of benzene rings is 4. The number of hydrogen-bond acceptors (Lipinski definition) is 5. The lowest BCUT2D eigenvalue weighted by Gasteiger charge is -2.36. The molecule has 7 heteroatoms. The minimum absolute atomic E-state index is 0.206. The summed E-state index contributed by atoms with van der Waals surface area (Å²) in [5.41, 5.74) is 5.30. The summed E-state index contributed by atoms with van der Waals surface area (Å²) in [6.45, 7) is 6.33. The Bertz CT molecular complexity index is 1530. The molecule has 0 saturated carbocycles. The van der Waals surface area contributed by atoms with Gasteiger partial charge in [0.05, 0.1) is 4.90 Å². The average Bonchev–Trinajstić information content (AvgIpc) is 3.36. The van der Waals surface area contributed by atoms with Gasteiger partial charge in [0.2, 0.25) is 10.0 Å². The molecular formula is C31H30N2O4S. The molecule has 0 spiro atoms. The quantitative estimate of drug-likeness (QED) is 0.344. The van der Waals surface area contributed by atoms with Gasteiger partial charge < -0.3 is 14.4 Å². The molecule has 0 aliphatic carbocycles. The maximum absolute atomic E-state index is 13.7. The lowest BCUT2D eigenvalue weighted by atomic mass is 9.97. The van der Waals surface area contributed by atoms with Crippen LogP contribution in [0, 0.1) is 13.8 Å². The fourth-order valence-electron chi connectivity index (χ4n) is 5.26. The van der Waals surface area contributed by atoms with E-state index in [2.05, 4.69) is 36.9 Å². The molecule has 0 bridgehead atoms. The van der Waals surface area contributed by atoms with Gasteiger partial charge >= 0.3 is 5.79 Å². The Labute approximate surface area is 224 Å². The third kappa shape index (κ3) is 4.12. The standard InChI is InChI=1S/C31H30N2O4S/c1-23-10-9-15-28(24(23)2)32-18-20-33(21-19-32)38(34,35)27-16-17-29-30(22-27)37-31(36-29,25-11-5-3-6-12-25)26-13-7-4-8-14-26/h3-17,22H,18-21H2,1-2H3. The Morgan fingerprint density at radius 2 is 1.29 bits per heavy atom. The number of hydrogen-bond donors (Lipinski definition) is 0. The van der Waals surface area contributed by atoms with Crippen molar-refractivity contribution in [3.05, 3.63) is 119 Å². The number of rotatable bonds is 5. The van der Waals surface area contributed by atoms with Crippen molar-refractivity contribution in [1.82, 2.24) is 4.31 Å². The van der Waals surface area contributed by atoms with Crippen molar-refractivity contribution in [2.75, 3.05) is 31.1 Å². The Balaban J connectivity index is 1.26. The molecule has 6 rings (SSSR count). The molecule has 0 N–H and O–H groups in total. The summed E-state index contributed by atoms with van der Waals surface area (Å²) in [4.78, 5) is 2.47. The molecular weight excluding hydrogens is 496 g/mol. The zero-order chi connectivity index (χ0) is 26.3. The Morgan fingerprint density at radius 3 is 1.92 bits per heavy atom. The minimum atomic E-state index is -3.70. The van der Waals surface area contributed by atoms with Gasteiger partial charge in [-0.05, 0) is 43.2 Å². The highest BCUT2D eigenvalue weighted by atomic mass is 32.2. The molecule has 4 aromatic carbocycles. The van der Waals surface area contributed by atoms with E-state index in [9.17, 15) is 8.42 Å². The zero-order valence-corrected chi connectivity index (χ0v) is 22.3. The second-order valence-corrected chi connectivity index (χ2v) is 11.7. The molecule has 1 fully saturated rings. The molecule has 1 saturated heterocycles. The second-order valence-electron chi connectivity index (χ2n) is 9.77. The number of anilines is 1. The van der Waals surface area contributed by atoms with E-state index in [1.165, 1.54) is 16.8 Å². The zero-order valence-electron chi connectivity index (χ0n) is 21.5. The predicted octanol–water partition coefficient (Wildman–Crippen LogP) is 5.49. The van der Waals surface area contributed by atoms with Crippen molar-refractivity contribution < 1.29 is 17.9 Å². The Hall–Kier alpha value is -3.81. The van der Waals surface area contributed by atoms with Crippen LogP contribution in [-0.2, 0) is 15.8 Å². The first-order valence-corrected chi connectivity index (χ1v) is 14.3. The summed E-state index contributed by atoms with van der Waals surface area (Å²) in [7, 11) is -3.70. The van der Waals surface area contributed by atoms with Crippen molar-refractivity contribution in [2.45, 2.75) is 24.5 Å². The van der Waals surface area contributed by atoms with Gasteiger partial charge in [-0.25, -0.2) is 8.42 Å². The third-order valence-electron chi connectivity index (χ3n) is 7.52. The molecule has 0 unspecified atom stereocenters. The number of fused-ring (bicyclic) bond motifs is 1.